The number of thioether (sulfide) groups is 1. The Morgan fingerprint density at radius 2 is 1.89 bits per heavy atom. The van der Waals surface area contributed by atoms with Gasteiger partial charge in [-0.15, -0.1) is 10.2 Å². The molecule has 2 aliphatic rings. The van der Waals surface area contributed by atoms with Crippen LogP contribution in [-0.4, -0.2) is 51.0 Å². The van der Waals surface area contributed by atoms with Crippen molar-refractivity contribution in [2.75, 3.05) is 19.4 Å². The Kier molecular flexibility index (Phi) is 5.90. The van der Waals surface area contributed by atoms with Gasteiger partial charge in [0.2, 0.25) is 5.91 Å². The summed E-state index contributed by atoms with van der Waals surface area (Å²) in [5, 5.41) is 9.29. The maximum Gasteiger partial charge on any atom is 0.233 e. The number of carbonyl (C=O) groups is 1. The lowest BCUT2D eigenvalue weighted by Gasteiger charge is -2.44. The van der Waals surface area contributed by atoms with Crippen molar-refractivity contribution >= 4 is 17.7 Å². The third-order valence-corrected chi connectivity index (χ3v) is 6.93. The second kappa shape index (κ2) is 8.55. The number of fused-ring (bicyclic) bond motifs is 1. The highest BCUT2D eigenvalue weighted by Gasteiger charge is 2.35. The number of hydrogen-bond acceptors (Lipinski definition) is 5. The number of hydrogen-bond donors (Lipinski definition) is 0. The SMILES string of the molecule is COc1ccc(-n2c(C)nnc2SCC(=O)N2CCCC3CCCCC32)cc1. The largest absolute Gasteiger partial charge is 0.497 e. The van der Waals surface area contributed by atoms with E-state index >= 15 is 0 Å². The molecule has 7 heteroatoms. The third-order valence-electron chi connectivity index (χ3n) is 6.01. The summed E-state index contributed by atoms with van der Waals surface area (Å²) in [6.07, 6.45) is 7.45. The zero-order valence-electron chi connectivity index (χ0n) is 16.6. The number of ether oxygens (including phenoxy) is 1. The smallest absolute Gasteiger partial charge is 0.233 e. The normalized spacial score (nSPS) is 22.0. The molecule has 1 aliphatic carbocycles. The number of likely N-dealkylation sites (tertiary alicyclic amines) is 1. The number of nitrogens with zero attached hydrogens (tertiary/aromatic N) is 4. The molecule has 28 heavy (non-hydrogen) atoms. The minimum absolute atomic E-state index is 0.239. The predicted octanol–water partition coefficient (Wildman–Crippen LogP) is 3.86. The fourth-order valence-corrected chi connectivity index (χ4v) is 5.49. The number of aromatic nitrogens is 3. The van der Waals surface area contributed by atoms with Gasteiger partial charge in [0.1, 0.15) is 11.6 Å². The molecule has 2 unspecified atom stereocenters. The van der Waals surface area contributed by atoms with Crippen LogP contribution >= 0.6 is 11.8 Å². The maximum absolute atomic E-state index is 13.0. The summed E-state index contributed by atoms with van der Waals surface area (Å²) >= 11 is 1.48. The van der Waals surface area contributed by atoms with E-state index in [4.69, 9.17) is 4.74 Å². The summed E-state index contributed by atoms with van der Waals surface area (Å²) in [6.45, 7) is 2.84. The van der Waals surface area contributed by atoms with Crippen molar-refractivity contribution < 1.29 is 9.53 Å². The van der Waals surface area contributed by atoms with Gasteiger partial charge in [0.25, 0.3) is 0 Å². The highest BCUT2D eigenvalue weighted by molar-refractivity contribution is 7.99. The lowest BCUT2D eigenvalue weighted by molar-refractivity contribution is -0.134. The van der Waals surface area contributed by atoms with Crippen molar-refractivity contribution in [2.45, 2.75) is 56.6 Å². The third kappa shape index (κ3) is 3.90. The van der Waals surface area contributed by atoms with E-state index in [0.717, 1.165) is 35.4 Å². The molecule has 2 heterocycles. The van der Waals surface area contributed by atoms with Crippen LogP contribution in [0.5, 0.6) is 5.75 Å². The zero-order chi connectivity index (χ0) is 19.5. The second-order valence-electron chi connectivity index (χ2n) is 7.69. The number of benzene rings is 1. The highest BCUT2D eigenvalue weighted by Crippen LogP contribution is 2.35. The first-order valence-electron chi connectivity index (χ1n) is 10.2. The summed E-state index contributed by atoms with van der Waals surface area (Å²) in [5.74, 6) is 2.99. The van der Waals surface area contributed by atoms with Gasteiger partial charge in [-0.05, 0) is 62.8 Å². The Bertz CT molecular complexity index is 818. The molecule has 0 spiro atoms. The molecule has 0 N–H and O–H groups in total. The molecular formula is C21H28N4O2S. The van der Waals surface area contributed by atoms with Crippen LogP contribution in [0.2, 0.25) is 0 Å². The Labute approximate surface area is 170 Å². The summed E-state index contributed by atoms with van der Waals surface area (Å²) in [7, 11) is 1.66. The van der Waals surface area contributed by atoms with Crippen LogP contribution in [-0.2, 0) is 4.79 Å². The molecule has 1 aliphatic heterocycles. The Morgan fingerprint density at radius 3 is 2.68 bits per heavy atom. The van der Waals surface area contributed by atoms with E-state index < -0.39 is 0 Å². The van der Waals surface area contributed by atoms with Crippen LogP contribution in [0.25, 0.3) is 5.69 Å². The van der Waals surface area contributed by atoms with Gasteiger partial charge in [0.15, 0.2) is 5.16 Å². The molecule has 1 saturated heterocycles. The fourth-order valence-electron chi connectivity index (χ4n) is 4.61. The van der Waals surface area contributed by atoms with E-state index in [1.807, 2.05) is 35.8 Å². The van der Waals surface area contributed by atoms with Gasteiger partial charge in [-0.25, -0.2) is 0 Å². The van der Waals surface area contributed by atoms with Crippen molar-refractivity contribution in [3.63, 3.8) is 0 Å². The molecule has 2 atom stereocenters. The van der Waals surface area contributed by atoms with Gasteiger partial charge in [0, 0.05) is 18.3 Å². The van der Waals surface area contributed by atoms with Crippen molar-refractivity contribution in [2.24, 2.45) is 5.92 Å². The van der Waals surface area contributed by atoms with Gasteiger partial charge >= 0.3 is 0 Å². The summed E-state index contributed by atoms with van der Waals surface area (Å²) in [6, 6.07) is 8.27. The first-order valence-corrected chi connectivity index (χ1v) is 11.1. The second-order valence-corrected chi connectivity index (χ2v) is 8.64. The fraction of sp³-hybridized carbons (Fsp3) is 0.571. The van der Waals surface area contributed by atoms with Crippen LogP contribution in [0.3, 0.4) is 0 Å². The summed E-state index contributed by atoms with van der Waals surface area (Å²) in [5.41, 5.74) is 0.976. The van der Waals surface area contributed by atoms with Crippen molar-refractivity contribution in [3.05, 3.63) is 30.1 Å². The summed E-state index contributed by atoms with van der Waals surface area (Å²) < 4.78 is 7.24. The van der Waals surface area contributed by atoms with Crippen LogP contribution in [0.1, 0.15) is 44.3 Å². The highest BCUT2D eigenvalue weighted by atomic mass is 32.2. The molecule has 150 valence electrons. The van der Waals surface area contributed by atoms with Crippen LogP contribution in [0.15, 0.2) is 29.4 Å². The van der Waals surface area contributed by atoms with Gasteiger partial charge in [-0.2, -0.15) is 0 Å². The first kappa shape index (κ1) is 19.3. The standard InChI is InChI=1S/C21H28N4O2S/c1-15-22-23-21(25(15)17-9-11-18(27-2)12-10-17)28-14-20(26)24-13-5-7-16-6-3-4-8-19(16)24/h9-12,16,19H,3-8,13-14H2,1-2H3. The Hall–Kier alpha value is -2.02. The molecule has 0 radical (unpaired) electrons. The monoisotopic (exact) mass is 400 g/mol. The minimum atomic E-state index is 0.239. The average Bonchev–Trinajstić information content (AvgIpc) is 3.12. The molecule has 1 amide bonds. The molecular weight excluding hydrogens is 372 g/mol. The molecule has 1 aromatic carbocycles. The molecule has 6 nitrogen and oxygen atoms in total. The quantitative estimate of drug-likeness (QED) is 0.714. The van der Waals surface area contributed by atoms with Gasteiger partial charge in [0.05, 0.1) is 12.9 Å². The van der Waals surface area contributed by atoms with Crippen LogP contribution < -0.4 is 4.74 Å². The number of amides is 1. The zero-order valence-corrected chi connectivity index (χ0v) is 17.5. The van der Waals surface area contributed by atoms with Crippen molar-refractivity contribution in [3.8, 4) is 11.4 Å². The lowest BCUT2D eigenvalue weighted by Crippen LogP contribution is -2.50. The van der Waals surface area contributed by atoms with E-state index in [2.05, 4.69) is 15.1 Å². The maximum atomic E-state index is 13.0. The molecule has 1 saturated carbocycles. The van der Waals surface area contributed by atoms with E-state index in [0.29, 0.717) is 17.7 Å². The van der Waals surface area contributed by atoms with E-state index in [9.17, 15) is 4.79 Å². The van der Waals surface area contributed by atoms with Crippen molar-refractivity contribution in [1.82, 2.24) is 19.7 Å². The van der Waals surface area contributed by atoms with Crippen LogP contribution in [0.4, 0.5) is 0 Å². The van der Waals surface area contributed by atoms with Crippen LogP contribution in [0, 0.1) is 12.8 Å². The van der Waals surface area contributed by atoms with Gasteiger partial charge in [-0.3, -0.25) is 9.36 Å². The summed E-state index contributed by atoms with van der Waals surface area (Å²) in [4.78, 5) is 15.1. The predicted molar refractivity (Wildman–Crippen MR) is 110 cm³/mol. The lowest BCUT2D eigenvalue weighted by atomic mass is 9.78. The Balaban J connectivity index is 1.45. The number of aryl methyl sites for hydroxylation is 1. The van der Waals surface area contributed by atoms with E-state index in [1.54, 1.807) is 7.11 Å². The molecule has 2 fully saturated rings. The number of rotatable bonds is 5. The molecule has 2 aromatic rings. The van der Waals surface area contributed by atoms with Gasteiger partial charge in [-0.1, -0.05) is 24.6 Å². The number of methoxy groups -OCH3 is 1. The molecule has 0 bridgehead atoms. The number of piperidine rings is 1. The van der Waals surface area contributed by atoms with Gasteiger partial charge < -0.3 is 9.64 Å². The first-order chi connectivity index (χ1) is 13.7. The van der Waals surface area contributed by atoms with Crippen molar-refractivity contribution in [1.29, 1.82) is 0 Å². The molecule has 1 aromatic heterocycles. The van der Waals surface area contributed by atoms with E-state index in [-0.39, 0.29) is 5.91 Å². The van der Waals surface area contributed by atoms with E-state index in [1.165, 1.54) is 43.9 Å². The topological polar surface area (TPSA) is 60.2 Å². The minimum Gasteiger partial charge on any atom is -0.497 e. The average molecular weight is 401 g/mol. The number of carbonyl (C=O) groups excluding carboxylic acids is 1. The Morgan fingerprint density at radius 1 is 1.14 bits per heavy atom. The molecule has 4 rings (SSSR count).